The molecule has 2 heterocycles. The molecule has 1 aliphatic heterocycles. The maximum Gasteiger partial charge on any atom is 0.232 e. The molecular formula is C25H22F2N4O2. The molecule has 2 atom stereocenters. The lowest BCUT2D eigenvalue weighted by Crippen LogP contribution is -2.63. The van der Waals surface area contributed by atoms with Gasteiger partial charge in [-0.3, -0.25) is 14.6 Å². The number of amides is 1. The lowest BCUT2D eigenvalue weighted by molar-refractivity contribution is -0.141. The standard InChI is InChI=1S/C25H22F2N4O2/c1-16-28-12-11-21(29-16)25(2)15-22(32)31(24(33)30(25)3)23-19(26)13-18(14-20(23)27)10-9-17-7-5-4-6-8-17/h4-8,11-14,24,33H,15H2,1-3H3. The number of halogens is 2. The van der Waals surface area contributed by atoms with Crippen LogP contribution >= 0.6 is 0 Å². The van der Waals surface area contributed by atoms with Crippen molar-refractivity contribution in [2.75, 3.05) is 11.9 Å². The number of aryl methyl sites for hydroxylation is 1. The van der Waals surface area contributed by atoms with Crippen molar-refractivity contribution in [3.05, 3.63) is 89.0 Å². The molecule has 1 amide bonds. The fraction of sp³-hybridized carbons (Fsp3) is 0.240. The van der Waals surface area contributed by atoms with E-state index in [0.717, 1.165) is 17.0 Å². The molecule has 1 saturated heterocycles. The summed E-state index contributed by atoms with van der Waals surface area (Å²) in [6, 6.07) is 12.8. The van der Waals surface area contributed by atoms with Crippen LogP contribution in [0.15, 0.2) is 54.7 Å². The molecule has 8 heteroatoms. The second-order valence-electron chi connectivity index (χ2n) is 8.07. The summed E-state index contributed by atoms with van der Waals surface area (Å²) < 4.78 is 30.0. The number of anilines is 1. The summed E-state index contributed by atoms with van der Waals surface area (Å²) in [5.74, 6) is 3.45. The molecule has 2 unspecified atom stereocenters. The monoisotopic (exact) mass is 448 g/mol. The first-order valence-corrected chi connectivity index (χ1v) is 10.3. The van der Waals surface area contributed by atoms with E-state index in [1.807, 2.05) is 18.2 Å². The number of rotatable bonds is 2. The van der Waals surface area contributed by atoms with E-state index in [1.165, 1.54) is 4.90 Å². The van der Waals surface area contributed by atoms with E-state index in [-0.39, 0.29) is 12.0 Å². The molecule has 4 rings (SSSR count). The average molecular weight is 448 g/mol. The molecule has 0 radical (unpaired) electrons. The fourth-order valence-electron chi connectivity index (χ4n) is 3.86. The SMILES string of the molecule is Cc1nccc(C2(C)CC(=O)N(c3c(F)cc(C#Cc4ccccc4)cc3F)C(O)N2C)n1. The minimum Gasteiger partial charge on any atom is -0.360 e. The van der Waals surface area contributed by atoms with Crippen molar-refractivity contribution < 1.29 is 18.7 Å². The molecule has 33 heavy (non-hydrogen) atoms. The summed E-state index contributed by atoms with van der Waals surface area (Å²) in [5, 5.41) is 10.9. The number of carbonyl (C=O) groups is 1. The lowest BCUT2D eigenvalue weighted by atomic mass is 9.88. The average Bonchev–Trinajstić information content (AvgIpc) is 2.78. The zero-order valence-corrected chi connectivity index (χ0v) is 18.4. The molecule has 0 spiro atoms. The van der Waals surface area contributed by atoms with Crippen LogP contribution in [0.25, 0.3) is 0 Å². The molecule has 6 nitrogen and oxygen atoms in total. The predicted octanol–water partition coefficient (Wildman–Crippen LogP) is 3.32. The van der Waals surface area contributed by atoms with E-state index in [1.54, 1.807) is 45.3 Å². The smallest absolute Gasteiger partial charge is 0.232 e. The second-order valence-corrected chi connectivity index (χ2v) is 8.07. The number of carbonyl (C=O) groups excluding carboxylic acids is 1. The van der Waals surface area contributed by atoms with Gasteiger partial charge in [-0.15, -0.1) is 0 Å². The predicted molar refractivity (Wildman–Crippen MR) is 119 cm³/mol. The van der Waals surface area contributed by atoms with Crippen LogP contribution in [0.4, 0.5) is 14.5 Å². The van der Waals surface area contributed by atoms with Crippen LogP contribution in [0.3, 0.4) is 0 Å². The van der Waals surface area contributed by atoms with Crippen LogP contribution in [-0.4, -0.2) is 39.3 Å². The number of nitrogens with zero attached hydrogens (tertiary/aromatic N) is 4. The topological polar surface area (TPSA) is 69.6 Å². The van der Waals surface area contributed by atoms with Crippen molar-refractivity contribution in [1.29, 1.82) is 0 Å². The van der Waals surface area contributed by atoms with E-state index in [9.17, 15) is 9.90 Å². The van der Waals surface area contributed by atoms with E-state index >= 15 is 8.78 Å². The van der Waals surface area contributed by atoms with Crippen molar-refractivity contribution in [2.24, 2.45) is 0 Å². The third kappa shape index (κ3) is 4.21. The Kier molecular flexibility index (Phi) is 5.93. The maximum absolute atomic E-state index is 15.0. The number of aromatic nitrogens is 2. The first-order valence-electron chi connectivity index (χ1n) is 10.3. The van der Waals surface area contributed by atoms with Crippen LogP contribution < -0.4 is 4.90 Å². The molecule has 1 fully saturated rings. The minimum absolute atomic E-state index is 0.117. The molecule has 2 aromatic carbocycles. The van der Waals surface area contributed by atoms with Crippen molar-refractivity contribution in [3.63, 3.8) is 0 Å². The molecule has 168 valence electrons. The number of hydrogen-bond acceptors (Lipinski definition) is 5. The van der Waals surface area contributed by atoms with Crippen molar-refractivity contribution in [1.82, 2.24) is 14.9 Å². The summed E-state index contributed by atoms with van der Waals surface area (Å²) >= 11 is 0. The molecule has 1 N–H and O–H groups in total. The highest BCUT2D eigenvalue weighted by Crippen LogP contribution is 2.39. The van der Waals surface area contributed by atoms with Gasteiger partial charge in [-0.2, -0.15) is 0 Å². The van der Waals surface area contributed by atoms with Crippen LogP contribution in [0.5, 0.6) is 0 Å². The van der Waals surface area contributed by atoms with Gasteiger partial charge in [0.05, 0.1) is 17.7 Å². The zero-order chi connectivity index (χ0) is 23.8. The van der Waals surface area contributed by atoms with E-state index in [0.29, 0.717) is 17.1 Å². The van der Waals surface area contributed by atoms with Crippen molar-refractivity contribution in [2.45, 2.75) is 32.2 Å². The number of aliphatic hydroxyl groups excluding tert-OH is 1. The molecule has 1 aromatic heterocycles. The van der Waals surface area contributed by atoms with Crippen LogP contribution in [0.2, 0.25) is 0 Å². The van der Waals surface area contributed by atoms with Crippen LogP contribution in [-0.2, 0) is 10.3 Å². The Morgan fingerprint density at radius 2 is 1.73 bits per heavy atom. The summed E-state index contributed by atoms with van der Waals surface area (Å²) in [7, 11) is 1.57. The van der Waals surface area contributed by atoms with E-state index in [2.05, 4.69) is 21.8 Å². The maximum atomic E-state index is 15.0. The molecule has 1 aliphatic rings. The zero-order valence-electron chi connectivity index (χ0n) is 18.4. The Balaban J connectivity index is 1.67. The van der Waals surface area contributed by atoms with Gasteiger partial charge in [0.1, 0.15) is 11.5 Å². The molecular weight excluding hydrogens is 426 g/mol. The Bertz CT molecular complexity index is 1250. The largest absolute Gasteiger partial charge is 0.360 e. The third-order valence-electron chi connectivity index (χ3n) is 5.83. The van der Waals surface area contributed by atoms with Gasteiger partial charge in [0, 0.05) is 17.3 Å². The van der Waals surface area contributed by atoms with E-state index < -0.39 is 35.1 Å². The van der Waals surface area contributed by atoms with Gasteiger partial charge in [-0.05, 0) is 51.2 Å². The Hall–Kier alpha value is -3.67. The summed E-state index contributed by atoms with van der Waals surface area (Å²) in [5.41, 5.74) is -0.270. The first kappa shape index (κ1) is 22.5. The van der Waals surface area contributed by atoms with Gasteiger partial charge < -0.3 is 5.11 Å². The van der Waals surface area contributed by atoms with Crippen molar-refractivity contribution >= 4 is 11.6 Å². The molecule has 3 aromatic rings. The highest BCUT2D eigenvalue weighted by atomic mass is 19.1. The van der Waals surface area contributed by atoms with Gasteiger partial charge in [0.2, 0.25) is 5.91 Å². The quantitative estimate of drug-likeness (QED) is 0.609. The third-order valence-corrected chi connectivity index (χ3v) is 5.83. The van der Waals surface area contributed by atoms with Gasteiger partial charge in [-0.1, -0.05) is 30.0 Å². The molecule has 0 bridgehead atoms. The summed E-state index contributed by atoms with van der Waals surface area (Å²) in [6.07, 6.45) is -0.197. The van der Waals surface area contributed by atoms with Crippen LogP contribution in [0.1, 0.15) is 36.0 Å². The molecule has 0 aliphatic carbocycles. The highest BCUT2D eigenvalue weighted by Gasteiger charge is 2.48. The fourth-order valence-corrected chi connectivity index (χ4v) is 3.86. The van der Waals surface area contributed by atoms with Gasteiger partial charge in [-0.25, -0.2) is 18.7 Å². The van der Waals surface area contributed by atoms with Crippen LogP contribution in [0, 0.1) is 30.4 Å². The van der Waals surface area contributed by atoms with Gasteiger partial charge in [0.15, 0.2) is 18.0 Å². The Morgan fingerprint density at radius 3 is 2.36 bits per heavy atom. The first-order chi connectivity index (χ1) is 15.7. The normalized spacial score (nSPS) is 21.0. The lowest BCUT2D eigenvalue weighted by Gasteiger charge is -2.49. The van der Waals surface area contributed by atoms with E-state index in [4.69, 9.17) is 0 Å². The Morgan fingerprint density at radius 1 is 1.09 bits per heavy atom. The van der Waals surface area contributed by atoms with Gasteiger partial charge >= 0.3 is 0 Å². The second kappa shape index (κ2) is 8.70. The molecule has 0 saturated carbocycles. The van der Waals surface area contributed by atoms with Crippen molar-refractivity contribution in [3.8, 4) is 11.8 Å². The minimum atomic E-state index is -1.61. The summed E-state index contributed by atoms with van der Waals surface area (Å²) in [6.45, 7) is 3.45. The summed E-state index contributed by atoms with van der Waals surface area (Å²) in [4.78, 5) is 23.7. The highest BCUT2D eigenvalue weighted by molar-refractivity contribution is 5.95. The number of benzene rings is 2. The van der Waals surface area contributed by atoms with Gasteiger partial charge in [0.25, 0.3) is 0 Å². The Labute approximate surface area is 190 Å². The number of aliphatic hydroxyl groups is 1. The number of hydrogen-bond donors (Lipinski definition) is 1.